The molecule has 2 heterocycles. The molecule has 19 heavy (non-hydrogen) atoms. The molecule has 0 saturated heterocycles. The average molecular weight is 278 g/mol. The van der Waals surface area contributed by atoms with E-state index in [-0.39, 0.29) is 19.1 Å². The van der Waals surface area contributed by atoms with Gasteiger partial charge in [-0.3, -0.25) is 4.79 Å². The Morgan fingerprint density at radius 2 is 2.53 bits per heavy atom. The van der Waals surface area contributed by atoms with Crippen molar-refractivity contribution in [2.24, 2.45) is 0 Å². The van der Waals surface area contributed by atoms with Crippen LogP contribution in [0.25, 0.3) is 10.6 Å². The zero-order chi connectivity index (χ0) is 13.5. The van der Waals surface area contributed by atoms with Crippen molar-refractivity contribution >= 4 is 17.2 Å². The molecule has 0 aromatic carbocycles. The molecule has 0 atom stereocenters. The summed E-state index contributed by atoms with van der Waals surface area (Å²) >= 11 is 1.58. The second-order valence-corrected chi connectivity index (χ2v) is 4.69. The summed E-state index contributed by atoms with van der Waals surface area (Å²) in [5.41, 5.74) is 0.667. The van der Waals surface area contributed by atoms with Gasteiger partial charge >= 0.3 is 0 Å². The van der Waals surface area contributed by atoms with E-state index in [1.807, 2.05) is 23.6 Å². The molecule has 0 spiro atoms. The van der Waals surface area contributed by atoms with Gasteiger partial charge in [-0.15, -0.1) is 17.9 Å². The molecule has 0 bridgehead atoms. The molecule has 1 N–H and O–H groups in total. The Hall–Kier alpha value is -1.92. The highest BCUT2D eigenvalue weighted by Gasteiger charge is 2.08. The van der Waals surface area contributed by atoms with Gasteiger partial charge in [0.15, 0.2) is 5.76 Å². The maximum atomic E-state index is 11.3. The Morgan fingerprint density at radius 3 is 3.26 bits per heavy atom. The van der Waals surface area contributed by atoms with E-state index < -0.39 is 0 Å². The first-order chi connectivity index (χ1) is 9.29. The van der Waals surface area contributed by atoms with Gasteiger partial charge in [-0.25, -0.2) is 0 Å². The average Bonchev–Trinajstić information content (AvgIpc) is 3.06. The zero-order valence-electron chi connectivity index (χ0n) is 10.3. The largest absolute Gasteiger partial charge is 0.365 e. The van der Waals surface area contributed by atoms with Gasteiger partial charge < -0.3 is 14.6 Å². The lowest BCUT2D eigenvalue weighted by atomic mass is 10.3. The summed E-state index contributed by atoms with van der Waals surface area (Å²) in [5, 5.41) is 8.48. The molecule has 2 aromatic rings. The first-order valence-corrected chi connectivity index (χ1v) is 6.62. The molecule has 2 rings (SSSR count). The maximum absolute atomic E-state index is 11.3. The maximum Gasteiger partial charge on any atom is 0.246 e. The molecule has 5 nitrogen and oxygen atoms in total. The van der Waals surface area contributed by atoms with Gasteiger partial charge in [0.25, 0.3) is 0 Å². The predicted octanol–water partition coefficient (Wildman–Crippen LogP) is 2.22. The molecule has 100 valence electrons. The van der Waals surface area contributed by atoms with Gasteiger partial charge in [-0.1, -0.05) is 17.3 Å². The molecule has 0 saturated carbocycles. The quantitative estimate of drug-likeness (QED) is 0.789. The summed E-state index contributed by atoms with van der Waals surface area (Å²) in [4.78, 5) is 12.3. The summed E-state index contributed by atoms with van der Waals surface area (Å²) in [6.45, 7) is 4.19. The monoisotopic (exact) mass is 278 g/mol. The van der Waals surface area contributed by atoms with Crippen molar-refractivity contribution in [2.45, 2.75) is 6.61 Å². The first-order valence-electron chi connectivity index (χ1n) is 5.74. The van der Waals surface area contributed by atoms with Crippen molar-refractivity contribution in [1.29, 1.82) is 0 Å². The molecule has 2 aromatic heterocycles. The summed E-state index contributed by atoms with van der Waals surface area (Å²) in [6, 6.07) is 5.72. The minimum absolute atomic E-state index is 0.00493. The fourth-order valence-corrected chi connectivity index (χ4v) is 2.07. The van der Waals surface area contributed by atoms with Crippen LogP contribution < -0.4 is 5.32 Å². The van der Waals surface area contributed by atoms with Crippen LogP contribution in [0, 0.1) is 0 Å². The van der Waals surface area contributed by atoms with Crippen molar-refractivity contribution in [3.8, 4) is 10.6 Å². The van der Waals surface area contributed by atoms with E-state index in [9.17, 15) is 4.79 Å². The fourth-order valence-electron chi connectivity index (χ4n) is 1.40. The Kier molecular flexibility index (Phi) is 4.88. The van der Waals surface area contributed by atoms with Crippen LogP contribution in [0.4, 0.5) is 0 Å². The topological polar surface area (TPSA) is 64.4 Å². The van der Waals surface area contributed by atoms with Gasteiger partial charge in [0.1, 0.15) is 12.3 Å². The number of nitrogens with one attached hydrogen (secondary N) is 1. The van der Waals surface area contributed by atoms with Crippen molar-refractivity contribution in [3.05, 3.63) is 41.9 Å². The smallest absolute Gasteiger partial charge is 0.246 e. The molecule has 6 heteroatoms. The highest BCUT2D eigenvalue weighted by molar-refractivity contribution is 7.13. The SMILES string of the molecule is C=CCNC(=O)COCc1cc(-c2cccs2)on1. The number of ether oxygens (including phenoxy) is 1. The molecular weight excluding hydrogens is 264 g/mol. The van der Waals surface area contributed by atoms with E-state index in [0.29, 0.717) is 18.0 Å². The van der Waals surface area contributed by atoms with E-state index in [1.54, 1.807) is 17.4 Å². The van der Waals surface area contributed by atoms with Crippen LogP contribution in [0.1, 0.15) is 5.69 Å². The lowest BCUT2D eigenvalue weighted by Gasteiger charge is -2.01. The number of thiophene rings is 1. The zero-order valence-corrected chi connectivity index (χ0v) is 11.1. The van der Waals surface area contributed by atoms with Crippen LogP contribution >= 0.6 is 11.3 Å². The van der Waals surface area contributed by atoms with E-state index in [1.165, 1.54) is 0 Å². The predicted molar refractivity (Wildman–Crippen MR) is 72.7 cm³/mol. The summed E-state index contributed by atoms with van der Waals surface area (Å²) < 4.78 is 10.4. The minimum atomic E-state index is -0.179. The fraction of sp³-hybridized carbons (Fsp3) is 0.231. The van der Waals surface area contributed by atoms with Crippen LogP contribution in [0.2, 0.25) is 0 Å². The summed E-state index contributed by atoms with van der Waals surface area (Å²) in [5.74, 6) is 0.534. The second kappa shape index (κ2) is 6.86. The molecule has 0 aliphatic rings. The third-order valence-electron chi connectivity index (χ3n) is 2.25. The van der Waals surface area contributed by atoms with Crippen LogP contribution in [-0.4, -0.2) is 24.2 Å². The third-order valence-corrected chi connectivity index (χ3v) is 3.13. The number of rotatable bonds is 7. The van der Waals surface area contributed by atoms with E-state index >= 15 is 0 Å². The molecule has 1 amide bonds. The number of aromatic nitrogens is 1. The van der Waals surface area contributed by atoms with Crippen molar-refractivity contribution < 1.29 is 14.1 Å². The van der Waals surface area contributed by atoms with E-state index in [0.717, 1.165) is 4.88 Å². The molecule has 0 unspecified atom stereocenters. The normalized spacial score (nSPS) is 10.3. The molecule has 0 aliphatic heterocycles. The minimum Gasteiger partial charge on any atom is -0.365 e. The van der Waals surface area contributed by atoms with Gasteiger partial charge in [0.05, 0.1) is 11.5 Å². The molecule has 0 fully saturated rings. The standard InChI is InChI=1S/C13H14N2O3S/c1-2-5-14-13(16)9-17-8-10-7-11(18-15-10)12-4-3-6-19-12/h2-4,6-7H,1,5,8-9H2,(H,14,16). The Labute approximate surface area is 114 Å². The van der Waals surface area contributed by atoms with Gasteiger partial charge in [0.2, 0.25) is 5.91 Å². The molecular formula is C13H14N2O3S. The number of hydrogen-bond acceptors (Lipinski definition) is 5. The molecule has 0 radical (unpaired) electrons. The van der Waals surface area contributed by atoms with Gasteiger partial charge in [0, 0.05) is 12.6 Å². The highest BCUT2D eigenvalue weighted by atomic mass is 32.1. The van der Waals surface area contributed by atoms with Crippen molar-refractivity contribution in [1.82, 2.24) is 10.5 Å². The van der Waals surface area contributed by atoms with Crippen LogP contribution in [0.15, 0.2) is 40.8 Å². The van der Waals surface area contributed by atoms with Crippen molar-refractivity contribution in [2.75, 3.05) is 13.2 Å². The Bertz CT molecular complexity index is 534. The molecule has 0 aliphatic carbocycles. The number of amides is 1. The van der Waals surface area contributed by atoms with Crippen LogP contribution in [-0.2, 0) is 16.1 Å². The summed E-state index contributed by atoms with van der Waals surface area (Å²) in [7, 11) is 0. The van der Waals surface area contributed by atoms with Crippen LogP contribution in [0.5, 0.6) is 0 Å². The van der Waals surface area contributed by atoms with Gasteiger partial charge in [-0.2, -0.15) is 0 Å². The highest BCUT2D eigenvalue weighted by Crippen LogP contribution is 2.25. The van der Waals surface area contributed by atoms with E-state index in [4.69, 9.17) is 9.26 Å². The number of hydrogen-bond donors (Lipinski definition) is 1. The van der Waals surface area contributed by atoms with Crippen molar-refractivity contribution in [3.63, 3.8) is 0 Å². The number of carbonyl (C=O) groups excluding carboxylic acids is 1. The van der Waals surface area contributed by atoms with Gasteiger partial charge in [-0.05, 0) is 11.4 Å². The number of carbonyl (C=O) groups is 1. The summed E-state index contributed by atoms with van der Waals surface area (Å²) in [6.07, 6.45) is 1.61. The lowest BCUT2D eigenvalue weighted by Crippen LogP contribution is -2.27. The second-order valence-electron chi connectivity index (χ2n) is 3.75. The first kappa shape index (κ1) is 13.5. The number of nitrogens with zero attached hydrogens (tertiary/aromatic N) is 1. The Morgan fingerprint density at radius 1 is 1.63 bits per heavy atom. The van der Waals surface area contributed by atoms with Crippen LogP contribution in [0.3, 0.4) is 0 Å². The lowest BCUT2D eigenvalue weighted by molar-refractivity contribution is -0.125. The third kappa shape index (κ3) is 4.04. The van der Waals surface area contributed by atoms with E-state index in [2.05, 4.69) is 17.1 Å². The Balaban J connectivity index is 1.78.